The lowest BCUT2D eigenvalue weighted by molar-refractivity contribution is -0.120. The maximum absolute atomic E-state index is 13.8. The topological polar surface area (TPSA) is 49.4 Å². The van der Waals surface area contributed by atoms with Gasteiger partial charge < -0.3 is 5.32 Å². The van der Waals surface area contributed by atoms with E-state index in [1.807, 2.05) is 63.2 Å². The number of anilines is 2. The number of halogens is 1. The number of nitrogens with one attached hydrogen (secondary N) is 1. The molecule has 0 saturated heterocycles. The Bertz CT molecular complexity index is 1200. The molecule has 0 radical (unpaired) electrons. The van der Waals surface area contributed by atoms with Crippen molar-refractivity contribution in [3.05, 3.63) is 100 Å². The monoisotopic (exact) mass is 400 g/mol. The highest BCUT2D eigenvalue weighted by Crippen LogP contribution is 2.34. The second kappa shape index (κ2) is 7.59. The van der Waals surface area contributed by atoms with Crippen molar-refractivity contribution in [2.75, 3.05) is 10.2 Å². The number of nitrogens with zero attached hydrogens (tertiary/aromatic N) is 1. The summed E-state index contributed by atoms with van der Waals surface area (Å²) in [4.78, 5) is 27.7. The summed E-state index contributed by atoms with van der Waals surface area (Å²) in [5.74, 6) is -1.51. The van der Waals surface area contributed by atoms with Gasteiger partial charge in [0.2, 0.25) is 0 Å². The highest BCUT2D eigenvalue weighted by atomic mass is 19.1. The van der Waals surface area contributed by atoms with Crippen LogP contribution in [0.4, 0.5) is 15.8 Å². The van der Waals surface area contributed by atoms with Gasteiger partial charge in [-0.2, -0.15) is 0 Å². The minimum Gasteiger partial charge on any atom is -0.350 e. The van der Waals surface area contributed by atoms with E-state index in [0.29, 0.717) is 5.56 Å². The van der Waals surface area contributed by atoms with Crippen molar-refractivity contribution in [3.8, 4) is 0 Å². The molecule has 0 bridgehead atoms. The van der Waals surface area contributed by atoms with Crippen molar-refractivity contribution in [3.63, 3.8) is 0 Å². The molecule has 2 amide bonds. The first-order chi connectivity index (χ1) is 14.4. The number of benzene rings is 3. The lowest BCUT2D eigenvalue weighted by atomic mass is 10.0. The van der Waals surface area contributed by atoms with E-state index >= 15 is 0 Å². The SMILES string of the molecule is Cc1ccc(C2=C(Nc3cccc(C)c3C)C(=O)N(c3cccc(F)c3)C2=O)cc1. The molecule has 0 aromatic heterocycles. The lowest BCUT2D eigenvalue weighted by Gasteiger charge is -2.16. The van der Waals surface area contributed by atoms with Crippen molar-refractivity contribution >= 4 is 28.8 Å². The molecule has 1 aliphatic rings. The first-order valence-electron chi connectivity index (χ1n) is 9.65. The van der Waals surface area contributed by atoms with Gasteiger partial charge in [0.1, 0.15) is 11.5 Å². The summed E-state index contributed by atoms with van der Waals surface area (Å²) >= 11 is 0. The van der Waals surface area contributed by atoms with Crippen LogP contribution in [0.25, 0.3) is 5.57 Å². The summed E-state index contributed by atoms with van der Waals surface area (Å²) in [5.41, 5.74) is 5.12. The van der Waals surface area contributed by atoms with Gasteiger partial charge in [-0.3, -0.25) is 9.59 Å². The third-order valence-corrected chi connectivity index (χ3v) is 5.35. The average molecular weight is 400 g/mol. The number of carbonyl (C=O) groups is 2. The van der Waals surface area contributed by atoms with Gasteiger partial charge in [-0.1, -0.05) is 48.0 Å². The Kier molecular flexibility index (Phi) is 4.96. The van der Waals surface area contributed by atoms with E-state index in [2.05, 4.69) is 5.32 Å². The maximum atomic E-state index is 13.8. The van der Waals surface area contributed by atoms with Crippen LogP contribution < -0.4 is 10.2 Å². The largest absolute Gasteiger partial charge is 0.350 e. The predicted molar refractivity (Wildman–Crippen MR) is 117 cm³/mol. The number of amides is 2. The van der Waals surface area contributed by atoms with Crippen LogP contribution >= 0.6 is 0 Å². The Balaban J connectivity index is 1.86. The van der Waals surface area contributed by atoms with Gasteiger partial charge in [0, 0.05) is 5.69 Å². The standard InChI is InChI=1S/C25H21FN2O2/c1-15-10-12-18(13-11-15)22-23(27-21-9-4-6-16(2)17(21)3)25(30)28(24(22)29)20-8-5-7-19(26)14-20/h4-14,27H,1-3H3. The minimum absolute atomic E-state index is 0.182. The number of aryl methyl sites for hydroxylation is 2. The number of rotatable bonds is 4. The fraction of sp³-hybridized carbons (Fsp3) is 0.120. The quantitative estimate of drug-likeness (QED) is 0.617. The Labute approximate surface area is 174 Å². The lowest BCUT2D eigenvalue weighted by Crippen LogP contribution is -2.32. The van der Waals surface area contributed by atoms with Gasteiger partial charge in [0.05, 0.1) is 11.3 Å². The Morgan fingerprint density at radius 2 is 1.53 bits per heavy atom. The van der Waals surface area contributed by atoms with E-state index in [4.69, 9.17) is 0 Å². The first-order valence-corrected chi connectivity index (χ1v) is 9.65. The highest BCUT2D eigenvalue weighted by molar-refractivity contribution is 6.46. The Hall–Kier alpha value is -3.73. The van der Waals surface area contributed by atoms with E-state index in [0.717, 1.165) is 27.3 Å². The van der Waals surface area contributed by atoms with Gasteiger partial charge in [0.15, 0.2) is 0 Å². The van der Waals surface area contributed by atoms with Crippen LogP contribution in [-0.2, 0) is 9.59 Å². The third-order valence-electron chi connectivity index (χ3n) is 5.35. The van der Waals surface area contributed by atoms with Crippen molar-refractivity contribution in [1.29, 1.82) is 0 Å². The normalized spacial score (nSPS) is 13.9. The summed E-state index contributed by atoms with van der Waals surface area (Å²) in [7, 11) is 0. The molecule has 1 N–H and O–H groups in total. The van der Waals surface area contributed by atoms with Gasteiger partial charge in [-0.25, -0.2) is 9.29 Å². The summed E-state index contributed by atoms with van der Waals surface area (Å²) < 4.78 is 13.8. The molecule has 0 saturated carbocycles. The van der Waals surface area contributed by atoms with Crippen LogP contribution in [0.1, 0.15) is 22.3 Å². The zero-order valence-electron chi connectivity index (χ0n) is 17.0. The van der Waals surface area contributed by atoms with E-state index in [1.165, 1.54) is 18.2 Å². The van der Waals surface area contributed by atoms with E-state index in [1.54, 1.807) is 6.07 Å². The van der Waals surface area contributed by atoms with Gasteiger partial charge >= 0.3 is 0 Å². The molecular weight excluding hydrogens is 379 g/mol. The summed E-state index contributed by atoms with van der Waals surface area (Å²) in [6.07, 6.45) is 0. The zero-order chi connectivity index (χ0) is 21.4. The van der Waals surface area contributed by atoms with Crippen molar-refractivity contribution in [1.82, 2.24) is 0 Å². The molecule has 4 rings (SSSR count). The van der Waals surface area contributed by atoms with E-state index in [-0.39, 0.29) is 17.0 Å². The van der Waals surface area contributed by atoms with Crippen LogP contribution in [0.3, 0.4) is 0 Å². The number of hydrogen-bond acceptors (Lipinski definition) is 3. The number of carbonyl (C=O) groups excluding carboxylic acids is 2. The van der Waals surface area contributed by atoms with Crippen molar-refractivity contribution in [2.24, 2.45) is 0 Å². The van der Waals surface area contributed by atoms with Crippen LogP contribution in [0.15, 0.2) is 72.4 Å². The molecule has 0 atom stereocenters. The fourth-order valence-corrected chi connectivity index (χ4v) is 3.50. The van der Waals surface area contributed by atoms with Gasteiger partial charge in [-0.15, -0.1) is 0 Å². The Morgan fingerprint density at radius 3 is 2.23 bits per heavy atom. The molecule has 3 aromatic rings. The minimum atomic E-state index is -0.513. The molecule has 1 aliphatic heterocycles. The molecule has 5 heteroatoms. The molecule has 1 heterocycles. The molecule has 0 fully saturated rings. The average Bonchev–Trinajstić information content (AvgIpc) is 2.96. The Morgan fingerprint density at radius 1 is 0.833 bits per heavy atom. The van der Waals surface area contributed by atoms with Gasteiger partial charge in [0.25, 0.3) is 11.8 Å². The predicted octanol–water partition coefficient (Wildman–Crippen LogP) is 5.15. The van der Waals surface area contributed by atoms with Crippen molar-refractivity contribution < 1.29 is 14.0 Å². The summed E-state index contributed by atoms with van der Waals surface area (Å²) in [6, 6.07) is 18.6. The molecule has 0 aliphatic carbocycles. The summed E-state index contributed by atoms with van der Waals surface area (Å²) in [5, 5.41) is 3.18. The fourth-order valence-electron chi connectivity index (χ4n) is 3.50. The molecule has 0 unspecified atom stereocenters. The number of hydrogen-bond donors (Lipinski definition) is 1. The zero-order valence-corrected chi connectivity index (χ0v) is 17.0. The van der Waals surface area contributed by atoms with E-state index in [9.17, 15) is 14.0 Å². The third kappa shape index (κ3) is 3.39. The van der Waals surface area contributed by atoms with Crippen molar-refractivity contribution in [2.45, 2.75) is 20.8 Å². The van der Waals surface area contributed by atoms with Crippen LogP contribution in [0, 0.1) is 26.6 Å². The number of imide groups is 1. The van der Waals surface area contributed by atoms with Crippen LogP contribution in [0.2, 0.25) is 0 Å². The van der Waals surface area contributed by atoms with Crippen LogP contribution in [0.5, 0.6) is 0 Å². The molecule has 150 valence electrons. The smallest absolute Gasteiger partial charge is 0.282 e. The molecule has 30 heavy (non-hydrogen) atoms. The highest BCUT2D eigenvalue weighted by Gasteiger charge is 2.40. The van der Waals surface area contributed by atoms with Crippen LogP contribution in [-0.4, -0.2) is 11.8 Å². The molecular formula is C25H21FN2O2. The molecule has 0 spiro atoms. The molecule has 3 aromatic carbocycles. The maximum Gasteiger partial charge on any atom is 0.282 e. The first kappa shape index (κ1) is 19.6. The summed E-state index contributed by atoms with van der Waals surface area (Å²) in [6.45, 7) is 5.89. The second-order valence-corrected chi connectivity index (χ2v) is 7.41. The second-order valence-electron chi connectivity index (χ2n) is 7.41. The van der Waals surface area contributed by atoms with E-state index < -0.39 is 17.6 Å². The molecule has 4 nitrogen and oxygen atoms in total. The van der Waals surface area contributed by atoms with Gasteiger partial charge in [-0.05, 0) is 61.7 Å².